The summed E-state index contributed by atoms with van der Waals surface area (Å²) >= 11 is 0. The van der Waals surface area contributed by atoms with E-state index in [0.717, 1.165) is 31.6 Å². The minimum absolute atomic E-state index is 0.0535. The molecule has 0 saturated heterocycles. The second-order valence-corrected chi connectivity index (χ2v) is 3.60. The van der Waals surface area contributed by atoms with Crippen LogP contribution in [0.1, 0.15) is 39.0 Å². The molecule has 1 rings (SSSR count). The van der Waals surface area contributed by atoms with E-state index in [1.165, 1.54) is 6.42 Å². The van der Waals surface area contributed by atoms with Crippen molar-refractivity contribution in [2.45, 2.75) is 39.0 Å². The fourth-order valence-corrected chi connectivity index (χ4v) is 1.92. The van der Waals surface area contributed by atoms with Gasteiger partial charge in [0.1, 0.15) is 0 Å². The van der Waals surface area contributed by atoms with Crippen LogP contribution in [0.3, 0.4) is 0 Å². The Morgan fingerprint density at radius 3 is 2.42 bits per heavy atom. The van der Waals surface area contributed by atoms with Gasteiger partial charge < -0.3 is 0 Å². The van der Waals surface area contributed by atoms with E-state index in [0.29, 0.717) is 0 Å². The lowest BCUT2D eigenvalue weighted by Crippen LogP contribution is -2.30. The van der Waals surface area contributed by atoms with Crippen molar-refractivity contribution in [2.75, 3.05) is 0 Å². The minimum atomic E-state index is -0.204. The summed E-state index contributed by atoms with van der Waals surface area (Å²) in [7, 11) is 0. The number of hydrogen-bond acceptors (Lipinski definition) is 2. The molecule has 0 bridgehead atoms. The minimum Gasteiger partial charge on any atom is -0.289 e. The topological polar surface area (TPSA) is 49.3 Å². The Labute approximate surface area is 73.1 Å². The maximum absolute atomic E-state index is 11.0. The number of hydrogen-bond donors (Lipinski definition) is 2. The Balaban J connectivity index is 2.30. The van der Waals surface area contributed by atoms with Gasteiger partial charge in [-0.3, -0.25) is 10.0 Å². The number of amides is 1. The predicted molar refractivity (Wildman–Crippen MR) is 45.7 cm³/mol. The van der Waals surface area contributed by atoms with Crippen LogP contribution in [0.25, 0.3) is 0 Å². The number of carbonyl (C=O) groups excluding carboxylic acids is 1. The van der Waals surface area contributed by atoms with Crippen LogP contribution in [0.5, 0.6) is 0 Å². The summed E-state index contributed by atoms with van der Waals surface area (Å²) in [5.74, 6) is 0.648. The quantitative estimate of drug-likeness (QED) is 0.491. The number of nitrogens with one attached hydrogen (secondary N) is 1. The molecule has 1 aliphatic carbocycles. The summed E-state index contributed by atoms with van der Waals surface area (Å²) in [5.41, 5.74) is 1.73. The van der Waals surface area contributed by atoms with Gasteiger partial charge in [0.25, 0.3) is 0 Å². The lowest BCUT2D eigenvalue weighted by atomic mass is 9.80. The standard InChI is InChI=1S/C9H17NO2/c1-2-7-3-5-8(6-4-7)9(11)10-12/h7-8,12H,2-6H2,1H3,(H,10,11)/t7-,8+. The molecule has 0 aromatic carbocycles. The van der Waals surface area contributed by atoms with Gasteiger partial charge in [0.05, 0.1) is 0 Å². The second kappa shape index (κ2) is 4.45. The smallest absolute Gasteiger partial charge is 0.246 e. The van der Waals surface area contributed by atoms with Crippen LogP contribution in [0.4, 0.5) is 0 Å². The summed E-state index contributed by atoms with van der Waals surface area (Å²) in [6.45, 7) is 2.19. The highest BCUT2D eigenvalue weighted by molar-refractivity contribution is 5.77. The molecule has 0 aromatic rings. The molecular formula is C9H17NO2. The molecule has 0 spiro atoms. The molecular weight excluding hydrogens is 154 g/mol. The van der Waals surface area contributed by atoms with Gasteiger partial charge in [-0.05, 0) is 31.6 Å². The first-order chi connectivity index (χ1) is 5.77. The lowest BCUT2D eigenvalue weighted by Gasteiger charge is -2.25. The fraction of sp³-hybridized carbons (Fsp3) is 0.889. The first kappa shape index (κ1) is 9.52. The number of carbonyl (C=O) groups is 1. The molecule has 0 aliphatic heterocycles. The Hall–Kier alpha value is -0.570. The third-order valence-corrected chi connectivity index (χ3v) is 2.91. The molecule has 0 radical (unpaired) electrons. The van der Waals surface area contributed by atoms with Crippen LogP contribution in [0, 0.1) is 11.8 Å². The summed E-state index contributed by atoms with van der Waals surface area (Å²) in [6, 6.07) is 0. The van der Waals surface area contributed by atoms with Crippen molar-refractivity contribution in [3.63, 3.8) is 0 Å². The molecule has 0 atom stereocenters. The summed E-state index contributed by atoms with van der Waals surface area (Å²) in [5, 5.41) is 8.41. The van der Waals surface area contributed by atoms with Crippen LogP contribution >= 0.6 is 0 Å². The zero-order valence-corrected chi connectivity index (χ0v) is 7.55. The second-order valence-electron chi connectivity index (χ2n) is 3.60. The highest BCUT2D eigenvalue weighted by Crippen LogP contribution is 2.30. The molecule has 3 heteroatoms. The average Bonchev–Trinajstić information content (AvgIpc) is 2.17. The fourth-order valence-electron chi connectivity index (χ4n) is 1.92. The summed E-state index contributed by atoms with van der Waals surface area (Å²) in [4.78, 5) is 11.0. The molecule has 2 N–H and O–H groups in total. The predicted octanol–water partition coefficient (Wildman–Crippen LogP) is 1.71. The lowest BCUT2D eigenvalue weighted by molar-refractivity contribution is -0.134. The van der Waals surface area contributed by atoms with Crippen molar-refractivity contribution in [1.82, 2.24) is 5.48 Å². The Bertz CT molecular complexity index is 151. The molecule has 1 fully saturated rings. The van der Waals surface area contributed by atoms with Crippen LogP contribution in [0.2, 0.25) is 0 Å². The highest BCUT2D eigenvalue weighted by Gasteiger charge is 2.24. The van der Waals surface area contributed by atoms with Gasteiger partial charge in [-0.2, -0.15) is 0 Å². The van der Waals surface area contributed by atoms with E-state index in [1.807, 2.05) is 0 Å². The zero-order valence-electron chi connectivity index (χ0n) is 7.55. The van der Waals surface area contributed by atoms with Crippen LogP contribution < -0.4 is 5.48 Å². The maximum Gasteiger partial charge on any atom is 0.246 e. The van der Waals surface area contributed by atoms with Crippen LogP contribution in [0.15, 0.2) is 0 Å². The summed E-state index contributed by atoms with van der Waals surface area (Å²) < 4.78 is 0. The Kier molecular flexibility index (Phi) is 3.53. The molecule has 1 saturated carbocycles. The molecule has 0 aromatic heterocycles. The van der Waals surface area contributed by atoms with Gasteiger partial charge in [0, 0.05) is 5.92 Å². The van der Waals surface area contributed by atoms with E-state index < -0.39 is 0 Å². The largest absolute Gasteiger partial charge is 0.289 e. The van der Waals surface area contributed by atoms with E-state index in [1.54, 1.807) is 5.48 Å². The Morgan fingerprint density at radius 1 is 1.42 bits per heavy atom. The van der Waals surface area contributed by atoms with Crippen molar-refractivity contribution in [2.24, 2.45) is 11.8 Å². The maximum atomic E-state index is 11.0. The van der Waals surface area contributed by atoms with Gasteiger partial charge in [0.2, 0.25) is 5.91 Å². The normalized spacial score (nSPS) is 29.8. The van der Waals surface area contributed by atoms with E-state index in [9.17, 15) is 4.79 Å². The van der Waals surface area contributed by atoms with E-state index in [4.69, 9.17) is 5.21 Å². The molecule has 1 amide bonds. The Morgan fingerprint density at radius 2 is 2.00 bits per heavy atom. The van der Waals surface area contributed by atoms with Crippen molar-refractivity contribution in [1.29, 1.82) is 0 Å². The zero-order chi connectivity index (χ0) is 8.97. The first-order valence-electron chi connectivity index (χ1n) is 4.71. The van der Waals surface area contributed by atoms with Gasteiger partial charge in [-0.15, -0.1) is 0 Å². The van der Waals surface area contributed by atoms with Gasteiger partial charge in [-0.1, -0.05) is 13.3 Å². The van der Waals surface area contributed by atoms with E-state index in [2.05, 4.69) is 6.92 Å². The highest BCUT2D eigenvalue weighted by atomic mass is 16.5. The molecule has 0 unspecified atom stereocenters. The van der Waals surface area contributed by atoms with Gasteiger partial charge >= 0.3 is 0 Å². The number of hydroxylamine groups is 1. The van der Waals surface area contributed by atoms with Crippen molar-refractivity contribution in [3.8, 4) is 0 Å². The van der Waals surface area contributed by atoms with Crippen molar-refractivity contribution < 1.29 is 10.0 Å². The number of rotatable bonds is 2. The monoisotopic (exact) mass is 171 g/mol. The molecule has 1 aliphatic rings. The SMILES string of the molecule is CC[C@H]1CC[C@@H](C(=O)NO)CC1. The molecule has 12 heavy (non-hydrogen) atoms. The van der Waals surface area contributed by atoms with Gasteiger partial charge in [0.15, 0.2) is 0 Å². The van der Waals surface area contributed by atoms with E-state index in [-0.39, 0.29) is 11.8 Å². The molecule has 0 heterocycles. The van der Waals surface area contributed by atoms with Crippen LogP contribution in [-0.2, 0) is 4.79 Å². The van der Waals surface area contributed by atoms with Gasteiger partial charge in [-0.25, -0.2) is 5.48 Å². The first-order valence-corrected chi connectivity index (χ1v) is 4.71. The third-order valence-electron chi connectivity index (χ3n) is 2.91. The molecule has 3 nitrogen and oxygen atoms in total. The average molecular weight is 171 g/mol. The van der Waals surface area contributed by atoms with Crippen molar-refractivity contribution >= 4 is 5.91 Å². The van der Waals surface area contributed by atoms with Crippen molar-refractivity contribution in [3.05, 3.63) is 0 Å². The summed E-state index contributed by atoms with van der Waals surface area (Å²) in [6.07, 6.45) is 5.35. The van der Waals surface area contributed by atoms with E-state index >= 15 is 0 Å². The third kappa shape index (κ3) is 2.21. The van der Waals surface area contributed by atoms with Crippen LogP contribution in [-0.4, -0.2) is 11.1 Å². The molecule has 70 valence electrons.